The first-order chi connectivity index (χ1) is 12.9. The number of aliphatic hydroxyl groups is 1. The van der Waals surface area contributed by atoms with Crippen molar-refractivity contribution in [1.29, 1.82) is 0 Å². The molecule has 2 unspecified atom stereocenters. The Balaban J connectivity index is 1.58. The van der Waals surface area contributed by atoms with Gasteiger partial charge in [-0.2, -0.15) is 0 Å². The maximum Gasteiger partial charge on any atom is 0.530 e. The second-order valence-corrected chi connectivity index (χ2v) is 7.91. The number of benzene rings is 1. The van der Waals surface area contributed by atoms with Gasteiger partial charge in [-0.3, -0.25) is 18.8 Å². The highest BCUT2D eigenvalue weighted by Crippen LogP contribution is 2.54. The lowest BCUT2D eigenvalue weighted by molar-refractivity contribution is 0.0958. The highest BCUT2D eigenvalue weighted by atomic mass is 31.2. The summed E-state index contributed by atoms with van der Waals surface area (Å²) in [6.07, 6.45) is 1.83. The van der Waals surface area contributed by atoms with E-state index in [0.717, 1.165) is 5.56 Å². The van der Waals surface area contributed by atoms with Gasteiger partial charge in [0.25, 0.3) is 5.56 Å². The summed E-state index contributed by atoms with van der Waals surface area (Å²) in [7, 11) is -3.76. The van der Waals surface area contributed by atoms with Crippen molar-refractivity contribution in [2.24, 2.45) is 5.92 Å². The summed E-state index contributed by atoms with van der Waals surface area (Å²) in [6, 6.07) is 7.07. The molecular formula is C17H21N2O7P. The molecular weight excluding hydrogens is 375 g/mol. The third-order valence-electron chi connectivity index (χ3n) is 4.25. The fourth-order valence-corrected chi connectivity index (χ4v) is 3.89. The molecule has 0 fully saturated rings. The Morgan fingerprint density at radius 2 is 2.15 bits per heavy atom. The molecule has 1 aromatic heterocycles. The third-order valence-corrected chi connectivity index (χ3v) is 5.59. The van der Waals surface area contributed by atoms with Crippen LogP contribution in [0.5, 0.6) is 5.75 Å². The lowest BCUT2D eigenvalue weighted by Gasteiger charge is -2.26. The highest BCUT2D eigenvalue weighted by molar-refractivity contribution is 7.49. The SMILES string of the molecule is Cc1cn(CCC(CO)COP2(=O)OCc3ccccc3O2)c(=O)[nH]c1=O. The van der Waals surface area contributed by atoms with Crippen molar-refractivity contribution < 1.29 is 23.2 Å². The number of hydrogen-bond donors (Lipinski definition) is 2. The van der Waals surface area contributed by atoms with E-state index in [-0.39, 0.29) is 32.3 Å². The van der Waals surface area contributed by atoms with Gasteiger partial charge in [0, 0.05) is 36.4 Å². The van der Waals surface area contributed by atoms with Crippen LogP contribution >= 0.6 is 7.82 Å². The van der Waals surface area contributed by atoms with Crippen LogP contribution in [0.15, 0.2) is 40.1 Å². The van der Waals surface area contributed by atoms with Gasteiger partial charge in [0.15, 0.2) is 0 Å². The molecule has 9 nitrogen and oxygen atoms in total. The topological polar surface area (TPSA) is 120 Å². The summed E-state index contributed by atoms with van der Waals surface area (Å²) in [4.78, 5) is 25.4. The molecule has 10 heteroatoms. The fourth-order valence-electron chi connectivity index (χ4n) is 2.60. The van der Waals surface area contributed by atoms with Crippen LogP contribution in [0.25, 0.3) is 0 Å². The van der Waals surface area contributed by atoms with E-state index < -0.39 is 19.1 Å². The number of hydrogen-bond acceptors (Lipinski definition) is 7. The third kappa shape index (κ3) is 4.75. The monoisotopic (exact) mass is 396 g/mol. The Hall–Kier alpha value is -2.19. The number of aromatic amines is 1. The zero-order valence-corrected chi connectivity index (χ0v) is 15.7. The van der Waals surface area contributed by atoms with Crippen LogP contribution in [0.1, 0.15) is 17.5 Å². The Bertz CT molecular complexity index is 968. The van der Waals surface area contributed by atoms with Crippen molar-refractivity contribution in [3.05, 3.63) is 62.4 Å². The molecule has 0 spiro atoms. The summed E-state index contributed by atoms with van der Waals surface area (Å²) in [5.74, 6) is 0.0576. The molecule has 1 aliphatic heterocycles. The predicted octanol–water partition coefficient (Wildman–Crippen LogP) is 1.58. The van der Waals surface area contributed by atoms with Gasteiger partial charge in [0.05, 0.1) is 13.2 Å². The zero-order valence-electron chi connectivity index (χ0n) is 14.8. The minimum Gasteiger partial charge on any atom is -0.404 e. The minimum atomic E-state index is -3.76. The molecule has 2 atom stereocenters. The van der Waals surface area contributed by atoms with Crippen LogP contribution in [-0.2, 0) is 26.8 Å². The van der Waals surface area contributed by atoms with Gasteiger partial charge in [0.2, 0.25) is 0 Å². The molecule has 2 aromatic rings. The number of phosphoric ester groups is 1. The molecule has 0 bridgehead atoms. The molecule has 0 radical (unpaired) electrons. The van der Waals surface area contributed by atoms with Gasteiger partial charge in [-0.05, 0) is 19.4 Å². The Labute approximate surface area is 155 Å². The number of H-pyrrole nitrogens is 1. The number of para-hydroxylation sites is 1. The molecule has 146 valence electrons. The Morgan fingerprint density at radius 3 is 2.93 bits per heavy atom. The number of phosphoric acid groups is 1. The van der Waals surface area contributed by atoms with Crippen molar-refractivity contribution in [3.8, 4) is 5.75 Å². The van der Waals surface area contributed by atoms with Gasteiger partial charge >= 0.3 is 13.5 Å². The molecule has 1 aliphatic rings. The summed E-state index contributed by atoms with van der Waals surface area (Å²) in [5, 5.41) is 9.55. The van der Waals surface area contributed by atoms with E-state index in [2.05, 4.69) is 4.98 Å². The van der Waals surface area contributed by atoms with E-state index >= 15 is 0 Å². The van der Waals surface area contributed by atoms with Crippen molar-refractivity contribution in [2.45, 2.75) is 26.5 Å². The molecule has 1 aromatic carbocycles. The summed E-state index contributed by atoms with van der Waals surface area (Å²) < 4.78 is 29.9. The first-order valence-electron chi connectivity index (χ1n) is 8.48. The molecule has 0 saturated carbocycles. The molecule has 0 aliphatic carbocycles. The number of nitrogens with one attached hydrogen (secondary N) is 1. The quantitative estimate of drug-likeness (QED) is 0.682. The maximum atomic E-state index is 12.6. The Morgan fingerprint density at radius 1 is 1.37 bits per heavy atom. The van der Waals surface area contributed by atoms with Gasteiger partial charge in [-0.15, -0.1) is 0 Å². The largest absolute Gasteiger partial charge is 0.530 e. The number of rotatable bonds is 7. The average molecular weight is 396 g/mol. The maximum absolute atomic E-state index is 12.6. The fraction of sp³-hybridized carbons (Fsp3) is 0.412. The lowest BCUT2D eigenvalue weighted by atomic mass is 10.1. The van der Waals surface area contributed by atoms with Crippen LogP contribution in [-0.4, -0.2) is 27.9 Å². The molecule has 2 N–H and O–H groups in total. The van der Waals surface area contributed by atoms with Crippen LogP contribution in [0.2, 0.25) is 0 Å². The van der Waals surface area contributed by atoms with Gasteiger partial charge in [-0.25, -0.2) is 9.36 Å². The highest BCUT2D eigenvalue weighted by Gasteiger charge is 2.34. The predicted molar refractivity (Wildman–Crippen MR) is 96.7 cm³/mol. The first-order valence-corrected chi connectivity index (χ1v) is 9.94. The molecule has 0 saturated heterocycles. The summed E-state index contributed by atoms with van der Waals surface area (Å²) >= 11 is 0. The molecule has 27 heavy (non-hydrogen) atoms. The number of aromatic nitrogens is 2. The second-order valence-electron chi connectivity index (χ2n) is 6.32. The van der Waals surface area contributed by atoms with Gasteiger partial charge in [0.1, 0.15) is 5.75 Å². The Kier molecular flexibility index (Phi) is 5.96. The van der Waals surface area contributed by atoms with E-state index in [1.807, 2.05) is 6.07 Å². The number of fused-ring (bicyclic) bond motifs is 1. The number of aliphatic hydroxyl groups excluding tert-OH is 1. The van der Waals surface area contributed by atoms with E-state index in [9.17, 15) is 19.3 Å². The lowest BCUT2D eigenvalue weighted by Crippen LogP contribution is -2.31. The van der Waals surface area contributed by atoms with Crippen LogP contribution in [0.4, 0.5) is 0 Å². The number of nitrogens with zero attached hydrogens (tertiary/aromatic N) is 1. The van der Waals surface area contributed by atoms with Crippen molar-refractivity contribution in [2.75, 3.05) is 13.2 Å². The van der Waals surface area contributed by atoms with E-state index in [1.165, 1.54) is 10.8 Å². The normalized spacial score (nSPS) is 19.9. The van der Waals surface area contributed by atoms with Gasteiger partial charge < -0.3 is 14.2 Å². The van der Waals surface area contributed by atoms with Gasteiger partial charge in [-0.1, -0.05) is 18.2 Å². The van der Waals surface area contributed by atoms with E-state index in [4.69, 9.17) is 13.6 Å². The summed E-state index contributed by atoms with van der Waals surface area (Å²) in [6.45, 7) is 1.69. The molecule has 2 heterocycles. The molecule has 0 amide bonds. The second kappa shape index (κ2) is 8.22. The van der Waals surface area contributed by atoms with Crippen molar-refractivity contribution in [3.63, 3.8) is 0 Å². The first kappa shape index (κ1) is 19.6. The van der Waals surface area contributed by atoms with Crippen LogP contribution < -0.4 is 15.8 Å². The standard InChI is InChI=1S/C17H21N2O7P/c1-12-8-19(17(22)18-16(12)21)7-6-13(9-20)10-24-27(23)25-11-14-4-2-3-5-15(14)26-27/h2-5,8,13,20H,6-7,9-11H2,1H3,(H,18,21,22). The van der Waals surface area contributed by atoms with Crippen molar-refractivity contribution >= 4 is 7.82 Å². The zero-order chi connectivity index (χ0) is 19.4. The van der Waals surface area contributed by atoms with Crippen molar-refractivity contribution in [1.82, 2.24) is 9.55 Å². The van der Waals surface area contributed by atoms with Crippen LogP contribution in [0, 0.1) is 12.8 Å². The smallest absolute Gasteiger partial charge is 0.404 e. The van der Waals surface area contributed by atoms with E-state index in [1.54, 1.807) is 25.1 Å². The average Bonchev–Trinajstić information content (AvgIpc) is 2.65. The summed E-state index contributed by atoms with van der Waals surface area (Å²) in [5.41, 5.74) is 0.243. The molecule has 3 rings (SSSR count). The van der Waals surface area contributed by atoms with E-state index in [0.29, 0.717) is 17.7 Å². The minimum absolute atomic E-state index is 0.0625. The van der Waals surface area contributed by atoms with Crippen LogP contribution in [0.3, 0.4) is 0 Å². The number of aryl methyl sites for hydroxylation is 2.